The lowest BCUT2D eigenvalue weighted by atomic mass is 9.93. The fraction of sp³-hybridized carbons (Fsp3) is 0.556. The van der Waals surface area contributed by atoms with Crippen molar-refractivity contribution in [3.05, 3.63) is 35.9 Å². The molecule has 2 aliphatic rings. The standard InChI is InChI=1S/C18H25N3O2/c19-17(22)15-8-12-20(13-9-15)16(14-6-2-1-3-7-14)18(23)21-10-4-5-11-21/h1-3,6-7,15-16H,4-5,8-13H2,(H2,19,22)/t16-/m0/s1. The molecule has 1 aromatic rings. The van der Waals surface area contributed by atoms with E-state index in [0.29, 0.717) is 0 Å². The third-order valence-corrected chi connectivity index (χ3v) is 5.06. The first-order valence-corrected chi connectivity index (χ1v) is 8.54. The highest BCUT2D eigenvalue weighted by Gasteiger charge is 2.35. The summed E-state index contributed by atoms with van der Waals surface area (Å²) in [5, 5.41) is 0. The molecule has 5 nitrogen and oxygen atoms in total. The van der Waals surface area contributed by atoms with Crippen LogP contribution in [0.5, 0.6) is 0 Å². The Balaban J connectivity index is 1.78. The monoisotopic (exact) mass is 315 g/mol. The van der Waals surface area contributed by atoms with Gasteiger partial charge in [0.2, 0.25) is 11.8 Å². The molecule has 0 spiro atoms. The highest BCUT2D eigenvalue weighted by atomic mass is 16.2. The van der Waals surface area contributed by atoms with Gasteiger partial charge < -0.3 is 10.6 Å². The van der Waals surface area contributed by atoms with Crippen LogP contribution in [-0.2, 0) is 9.59 Å². The van der Waals surface area contributed by atoms with Gasteiger partial charge in [-0.15, -0.1) is 0 Å². The smallest absolute Gasteiger partial charge is 0.244 e. The molecule has 0 aromatic heterocycles. The van der Waals surface area contributed by atoms with Gasteiger partial charge in [0.1, 0.15) is 6.04 Å². The molecule has 2 amide bonds. The Morgan fingerprint density at radius 1 is 1.00 bits per heavy atom. The van der Waals surface area contributed by atoms with Crippen LogP contribution >= 0.6 is 0 Å². The third kappa shape index (κ3) is 3.55. The number of hydrogen-bond donors (Lipinski definition) is 1. The van der Waals surface area contributed by atoms with Crippen LogP contribution in [0, 0.1) is 5.92 Å². The fourth-order valence-corrected chi connectivity index (χ4v) is 3.70. The maximum Gasteiger partial charge on any atom is 0.244 e. The second-order valence-corrected chi connectivity index (χ2v) is 6.56. The van der Waals surface area contributed by atoms with Crippen LogP contribution in [0.15, 0.2) is 30.3 Å². The van der Waals surface area contributed by atoms with E-state index in [0.717, 1.165) is 57.4 Å². The Hall–Kier alpha value is -1.88. The SMILES string of the molecule is NC(=O)C1CCN([C@H](C(=O)N2CCCC2)c2ccccc2)CC1. The van der Waals surface area contributed by atoms with Crippen LogP contribution in [0.3, 0.4) is 0 Å². The van der Waals surface area contributed by atoms with Gasteiger partial charge in [-0.2, -0.15) is 0 Å². The number of amides is 2. The number of nitrogens with two attached hydrogens (primary N) is 1. The van der Waals surface area contributed by atoms with Crippen molar-refractivity contribution in [2.75, 3.05) is 26.2 Å². The second kappa shape index (κ2) is 7.13. The predicted octanol–water partition coefficient (Wildman–Crippen LogP) is 1.55. The van der Waals surface area contributed by atoms with Gasteiger partial charge in [-0.1, -0.05) is 30.3 Å². The average Bonchev–Trinajstić information content (AvgIpc) is 3.11. The quantitative estimate of drug-likeness (QED) is 0.916. The number of piperidine rings is 1. The first kappa shape index (κ1) is 16.0. The summed E-state index contributed by atoms with van der Waals surface area (Å²) in [6.45, 7) is 3.21. The van der Waals surface area contributed by atoms with Crippen molar-refractivity contribution in [3.8, 4) is 0 Å². The van der Waals surface area contributed by atoms with Gasteiger partial charge in [-0.3, -0.25) is 14.5 Å². The van der Waals surface area contributed by atoms with Crippen molar-refractivity contribution in [2.24, 2.45) is 11.7 Å². The van der Waals surface area contributed by atoms with E-state index in [4.69, 9.17) is 5.73 Å². The summed E-state index contributed by atoms with van der Waals surface area (Å²) in [6, 6.07) is 9.76. The zero-order chi connectivity index (χ0) is 16.2. The van der Waals surface area contributed by atoms with Crippen LogP contribution in [-0.4, -0.2) is 47.8 Å². The number of rotatable bonds is 4. The summed E-state index contributed by atoms with van der Waals surface area (Å²) in [5.74, 6) is -0.0671. The van der Waals surface area contributed by atoms with Crippen molar-refractivity contribution >= 4 is 11.8 Å². The van der Waals surface area contributed by atoms with E-state index in [9.17, 15) is 9.59 Å². The van der Waals surface area contributed by atoms with E-state index in [1.807, 2.05) is 35.2 Å². The van der Waals surface area contributed by atoms with Crippen molar-refractivity contribution in [2.45, 2.75) is 31.7 Å². The van der Waals surface area contributed by atoms with E-state index in [2.05, 4.69) is 4.90 Å². The van der Waals surface area contributed by atoms with Crippen molar-refractivity contribution in [1.82, 2.24) is 9.80 Å². The Bertz CT molecular complexity index is 547. The molecule has 1 aromatic carbocycles. The molecule has 5 heteroatoms. The summed E-state index contributed by atoms with van der Waals surface area (Å²) >= 11 is 0. The Morgan fingerprint density at radius 3 is 2.17 bits per heavy atom. The van der Waals surface area contributed by atoms with Gasteiger partial charge in [0, 0.05) is 19.0 Å². The maximum atomic E-state index is 13.1. The molecular formula is C18H25N3O2. The fourth-order valence-electron chi connectivity index (χ4n) is 3.70. The maximum absolute atomic E-state index is 13.1. The third-order valence-electron chi connectivity index (χ3n) is 5.06. The topological polar surface area (TPSA) is 66.6 Å². The summed E-state index contributed by atoms with van der Waals surface area (Å²) in [5.41, 5.74) is 6.47. The lowest BCUT2D eigenvalue weighted by molar-refractivity contribution is -0.137. The molecule has 0 unspecified atom stereocenters. The number of carbonyl (C=O) groups is 2. The van der Waals surface area contributed by atoms with Gasteiger partial charge in [0.25, 0.3) is 0 Å². The van der Waals surface area contributed by atoms with Crippen molar-refractivity contribution < 1.29 is 9.59 Å². The zero-order valence-electron chi connectivity index (χ0n) is 13.5. The molecule has 0 saturated carbocycles. The molecule has 1 atom stereocenters. The van der Waals surface area contributed by atoms with Gasteiger partial charge in [-0.25, -0.2) is 0 Å². The van der Waals surface area contributed by atoms with E-state index in [1.165, 1.54) is 0 Å². The van der Waals surface area contributed by atoms with E-state index >= 15 is 0 Å². The Morgan fingerprint density at radius 2 is 1.61 bits per heavy atom. The largest absolute Gasteiger partial charge is 0.369 e. The summed E-state index contributed by atoms with van der Waals surface area (Å²) in [6.07, 6.45) is 3.67. The van der Waals surface area contributed by atoms with Crippen LogP contribution in [0.1, 0.15) is 37.3 Å². The number of benzene rings is 1. The lowest BCUT2D eigenvalue weighted by Gasteiger charge is -2.37. The molecule has 23 heavy (non-hydrogen) atoms. The van der Waals surface area contributed by atoms with Gasteiger partial charge in [-0.05, 0) is 44.3 Å². The molecule has 0 aliphatic carbocycles. The summed E-state index contributed by atoms with van der Waals surface area (Å²) in [4.78, 5) is 28.6. The minimum atomic E-state index is -0.233. The zero-order valence-corrected chi connectivity index (χ0v) is 13.5. The molecule has 2 N–H and O–H groups in total. The first-order chi connectivity index (χ1) is 11.2. The first-order valence-electron chi connectivity index (χ1n) is 8.54. The minimum Gasteiger partial charge on any atom is -0.369 e. The van der Waals surface area contributed by atoms with Crippen LogP contribution < -0.4 is 5.73 Å². The van der Waals surface area contributed by atoms with Crippen LogP contribution in [0.25, 0.3) is 0 Å². The van der Waals surface area contributed by atoms with E-state index < -0.39 is 0 Å². The van der Waals surface area contributed by atoms with Gasteiger partial charge in [0.15, 0.2) is 0 Å². The average molecular weight is 315 g/mol. The van der Waals surface area contributed by atoms with Crippen LogP contribution in [0.2, 0.25) is 0 Å². The molecular weight excluding hydrogens is 290 g/mol. The lowest BCUT2D eigenvalue weighted by Crippen LogP contribution is -2.46. The van der Waals surface area contributed by atoms with E-state index in [-0.39, 0.29) is 23.8 Å². The van der Waals surface area contributed by atoms with Crippen LogP contribution in [0.4, 0.5) is 0 Å². The van der Waals surface area contributed by atoms with Gasteiger partial charge >= 0.3 is 0 Å². The molecule has 2 aliphatic heterocycles. The Kier molecular flexibility index (Phi) is 4.96. The normalized spacial score (nSPS) is 21.3. The number of hydrogen-bond acceptors (Lipinski definition) is 3. The van der Waals surface area contributed by atoms with E-state index in [1.54, 1.807) is 0 Å². The number of likely N-dealkylation sites (tertiary alicyclic amines) is 2. The highest BCUT2D eigenvalue weighted by Crippen LogP contribution is 2.29. The number of carbonyl (C=O) groups excluding carboxylic acids is 2. The number of primary amides is 1. The molecule has 0 bridgehead atoms. The summed E-state index contributed by atoms with van der Waals surface area (Å²) in [7, 11) is 0. The Labute approximate surface area is 137 Å². The van der Waals surface area contributed by atoms with Crippen molar-refractivity contribution in [1.29, 1.82) is 0 Å². The van der Waals surface area contributed by atoms with Crippen molar-refractivity contribution in [3.63, 3.8) is 0 Å². The van der Waals surface area contributed by atoms with Gasteiger partial charge in [0.05, 0.1) is 0 Å². The molecule has 124 valence electrons. The molecule has 2 fully saturated rings. The number of nitrogens with zero attached hydrogens (tertiary/aromatic N) is 2. The molecule has 2 heterocycles. The second-order valence-electron chi connectivity index (χ2n) is 6.56. The summed E-state index contributed by atoms with van der Waals surface area (Å²) < 4.78 is 0. The molecule has 2 saturated heterocycles. The predicted molar refractivity (Wildman–Crippen MR) is 88.5 cm³/mol. The molecule has 0 radical (unpaired) electrons. The minimum absolute atomic E-state index is 0.0513. The highest BCUT2D eigenvalue weighted by molar-refractivity contribution is 5.83. The molecule has 3 rings (SSSR count).